The van der Waals surface area contributed by atoms with Gasteiger partial charge in [0.1, 0.15) is 18.3 Å². The third kappa shape index (κ3) is 3.95. The molecule has 3 heterocycles. The summed E-state index contributed by atoms with van der Waals surface area (Å²) < 4.78 is 26.5. The highest BCUT2D eigenvalue weighted by molar-refractivity contribution is 5.14. The van der Waals surface area contributed by atoms with E-state index < -0.39 is 0 Å². The standard InChI is InChI=1S/C22H23N3O4/c1-3-7-16(8-4-1)12-26-19-15-29-22-21(28-14-18-11-23-24-25(18)22)20(19)27-13-17-9-5-2-6-10-17/h1-11,19-22H,12-15H2/t19-,20-,21+,22+/m0/s1. The molecule has 0 aliphatic carbocycles. The maximum atomic E-state index is 6.34. The first-order valence-corrected chi connectivity index (χ1v) is 9.82. The van der Waals surface area contributed by atoms with Crippen LogP contribution in [0.25, 0.3) is 0 Å². The van der Waals surface area contributed by atoms with Crippen molar-refractivity contribution in [3.8, 4) is 0 Å². The highest BCUT2D eigenvalue weighted by Crippen LogP contribution is 2.34. The zero-order valence-corrected chi connectivity index (χ0v) is 16.0. The highest BCUT2D eigenvalue weighted by Gasteiger charge is 2.46. The zero-order chi connectivity index (χ0) is 19.5. The van der Waals surface area contributed by atoms with Crippen molar-refractivity contribution in [2.75, 3.05) is 6.61 Å². The van der Waals surface area contributed by atoms with Crippen LogP contribution in [0.2, 0.25) is 0 Å². The smallest absolute Gasteiger partial charge is 0.181 e. The third-order valence-electron chi connectivity index (χ3n) is 5.31. The van der Waals surface area contributed by atoms with Crippen molar-refractivity contribution in [2.24, 2.45) is 0 Å². The Morgan fingerprint density at radius 1 is 0.897 bits per heavy atom. The summed E-state index contributed by atoms with van der Waals surface area (Å²) in [6, 6.07) is 20.2. The Bertz CT molecular complexity index is 918. The summed E-state index contributed by atoms with van der Waals surface area (Å²) >= 11 is 0. The molecule has 0 radical (unpaired) electrons. The van der Waals surface area contributed by atoms with E-state index in [0.29, 0.717) is 26.4 Å². The number of hydrogen-bond donors (Lipinski definition) is 0. The summed E-state index contributed by atoms with van der Waals surface area (Å²) in [5.74, 6) is 0. The fraction of sp³-hybridized carbons (Fsp3) is 0.364. The molecule has 0 spiro atoms. The molecular weight excluding hydrogens is 370 g/mol. The van der Waals surface area contributed by atoms with Crippen LogP contribution < -0.4 is 0 Å². The van der Waals surface area contributed by atoms with Gasteiger partial charge in [-0.3, -0.25) is 0 Å². The van der Waals surface area contributed by atoms with E-state index >= 15 is 0 Å². The van der Waals surface area contributed by atoms with Gasteiger partial charge < -0.3 is 18.9 Å². The first-order chi connectivity index (χ1) is 14.4. The van der Waals surface area contributed by atoms with Crippen LogP contribution in [0.15, 0.2) is 66.9 Å². The van der Waals surface area contributed by atoms with Crippen LogP contribution in [0.1, 0.15) is 23.0 Å². The molecule has 0 amide bonds. The summed E-state index contributed by atoms with van der Waals surface area (Å²) in [6.45, 7) is 1.80. The molecule has 2 aromatic carbocycles. The van der Waals surface area contributed by atoms with Crippen molar-refractivity contribution < 1.29 is 18.9 Å². The number of nitrogens with zero attached hydrogens (tertiary/aromatic N) is 3. The highest BCUT2D eigenvalue weighted by atomic mass is 16.6. The van der Waals surface area contributed by atoms with E-state index in [1.54, 1.807) is 10.9 Å². The molecule has 1 aromatic heterocycles. The summed E-state index contributed by atoms with van der Waals surface area (Å²) in [7, 11) is 0. The monoisotopic (exact) mass is 393 g/mol. The maximum absolute atomic E-state index is 6.34. The second-order valence-corrected chi connectivity index (χ2v) is 7.27. The second kappa shape index (κ2) is 8.42. The van der Waals surface area contributed by atoms with Gasteiger partial charge in [0.25, 0.3) is 0 Å². The molecule has 0 bridgehead atoms. The molecule has 150 valence electrons. The van der Waals surface area contributed by atoms with Crippen molar-refractivity contribution in [3.05, 3.63) is 83.7 Å². The van der Waals surface area contributed by atoms with Crippen LogP contribution >= 0.6 is 0 Å². The lowest BCUT2D eigenvalue weighted by molar-refractivity contribution is -0.269. The quantitative estimate of drug-likeness (QED) is 0.642. The number of benzene rings is 2. The largest absolute Gasteiger partial charge is 0.368 e. The van der Waals surface area contributed by atoms with Gasteiger partial charge in [0, 0.05) is 0 Å². The number of hydrogen-bond acceptors (Lipinski definition) is 6. The van der Waals surface area contributed by atoms with Gasteiger partial charge in [-0.05, 0) is 11.1 Å². The number of fused-ring (bicyclic) bond motifs is 3. The first-order valence-electron chi connectivity index (χ1n) is 9.82. The Hall–Kier alpha value is -2.58. The average Bonchev–Trinajstić information content (AvgIpc) is 3.27. The van der Waals surface area contributed by atoms with Crippen molar-refractivity contribution in [1.82, 2.24) is 15.0 Å². The zero-order valence-electron chi connectivity index (χ0n) is 16.0. The Kier molecular flexibility index (Phi) is 5.36. The van der Waals surface area contributed by atoms with Crippen LogP contribution in [-0.4, -0.2) is 39.9 Å². The predicted molar refractivity (Wildman–Crippen MR) is 104 cm³/mol. The van der Waals surface area contributed by atoms with E-state index in [0.717, 1.165) is 16.8 Å². The lowest BCUT2D eigenvalue weighted by atomic mass is 10.0. The lowest BCUT2D eigenvalue weighted by Gasteiger charge is -2.44. The molecule has 5 rings (SSSR count). The van der Waals surface area contributed by atoms with Gasteiger partial charge in [0.2, 0.25) is 0 Å². The van der Waals surface area contributed by atoms with Gasteiger partial charge in [-0.25, -0.2) is 4.68 Å². The summed E-state index contributed by atoms with van der Waals surface area (Å²) in [6.07, 6.45) is 0.499. The van der Waals surface area contributed by atoms with Gasteiger partial charge in [-0.1, -0.05) is 65.9 Å². The normalized spacial score (nSPS) is 25.9. The Morgan fingerprint density at radius 2 is 1.59 bits per heavy atom. The minimum Gasteiger partial charge on any atom is -0.368 e. The molecule has 0 N–H and O–H groups in total. The molecule has 1 saturated heterocycles. The van der Waals surface area contributed by atoms with Crippen molar-refractivity contribution in [3.63, 3.8) is 0 Å². The SMILES string of the molecule is c1ccc(CO[C@@H]2[C@H]3OCc4cnnn4[C@@H]3OC[C@@H]2OCc2ccccc2)cc1. The molecule has 29 heavy (non-hydrogen) atoms. The minimum absolute atomic E-state index is 0.245. The van der Waals surface area contributed by atoms with E-state index in [4.69, 9.17) is 18.9 Å². The molecule has 7 nitrogen and oxygen atoms in total. The van der Waals surface area contributed by atoms with Gasteiger partial charge in [-0.2, -0.15) is 0 Å². The van der Waals surface area contributed by atoms with E-state index in [9.17, 15) is 0 Å². The van der Waals surface area contributed by atoms with Crippen LogP contribution in [-0.2, 0) is 38.8 Å². The fourth-order valence-electron chi connectivity index (χ4n) is 3.80. The predicted octanol–water partition coefficient (Wildman–Crippen LogP) is 2.88. The topological polar surface area (TPSA) is 67.6 Å². The summed E-state index contributed by atoms with van der Waals surface area (Å²) in [5, 5.41) is 8.17. The van der Waals surface area contributed by atoms with Crippen LogP contribution in [0.4, 0.5) is 0 Å². The number of aromatic nitrogens is 3. The Balaban J connectivity index is 1.34. The third-order valence-corrected chi connectivity index (χ3v) is 5.31. The van der Waals surface area contributed by atoms with E-state index in [-0.39, 0.29) is 24.5 Å². The molecule has 1 fully saturated rings. The lowest BCUT2D eigenvalue weighted by Crippen LogP contribution is -2.55. The van der Waals surface area contributed by atoms with Crippen molar-refractivity contribution in [2.45, 2.75) is 44.4 Å². The van der Waals surface area contributed by atoms with E-state index in [1.165, 1.54) is 0 Å². The van der Waals surface area contributed by atoms with Crippen LogP contribution in [0, 0.1) is 0 Å². The molecule has 0 saturated carbocycles. The molecule has 4 atom stereocenters. The fourth-order valence-corrected chi connectivity index (χ4v) is 3.80. The Labute approximate surface area is 169 Å². The van der Waals surface area contributed by atoms with Crippen LogP contribution in [0.5, 0.6) is 0 Å². The van der Waals surface area contributed by atoms with Gasteiger partial charge in [0.05, 0.1) is 38.3 Å². The molecule has 7 heteroatoms. The van der Waals surface area contributed by atoms with Crippen LogP contribution in [0.3, 0.4) is 0 Å². The van der Waals surface area contributed by atoms with E-state index in [1.807, 2.05) is 60.7 Å². The molecule has 2 aliphatic rings. The second-order valence-electron chi connectivity index (χ2n) is 7.27. The number of rotatable bonds is 6. The van der Waals surface area contributed by atoms with E-state index in [2.05, 4.69) is 10.3 Å². The first kappa shape index (κ1) is 18.4. The van der Waals surface area contributed by atoms with Crippen molar-refractivity contribution >= 4 is 0 Å². The number of ether oxygens (including phenoxy) is 4. The van der Waals surface area contributed by atoms with Gasteiger partial charge >= 0.3 is 0 Å². The molecule has 3 aromatic rings. The average molecular weight is 393 g/mol. The van der Waals surface area contributed by atoms with Crippen molar-refractivity contribution in [1.29, 1.82) is 0 Å². The summed E-state index contributed by atoms with van der Waals surface area (Å²) in [5.41, 5.74) is 3.12. The molecule has 0 unspecified atom stereocenters. The van der Waals surface area contributed by atoms with Gasteiger partial charge in [0.15, 0.2) is 6.23 Å². The molecular formula is C22H23N3O4. The maximum Gasteiger partial charge on any atom is 0.181 e. The van der Waals surface area contributed by atoms with Gasteiger partial charge in [-0.15, -0.1) is 5.10 Å². The Morgan fingerprint density at radius 3 is 2.31 bits per heavy atom. The molecule has 2 aliphatic heterocycles. The summed E-state index contributed by atoms with van der Waals surface area (Å²) in [4.78, 5) is 0. The minimum atomic E-state index is -0.362.